The second-order valence-electron chi connectivity index (χ2n) is 6.14. The summed E-state index contributed by atoms with van der Waals surface area (Å²) >= 11 is 1.85. The second-order valence-corrected chi connectivity index (χ2v) is 7.17. The molecule has 1 aromatic rings. The first kappa shape index (κ1) is 13.8. The van der Waals surface area contributed by atoms with E-state index in [1.807, 2.05) is 11.8 Å². The van der Waals surface area contributed by atoms with Crippen molar-refractivity contribution in [3.63, 3.8) is 0 Å². The molecule has 0 aromatic heterocycles. The zero-order chi connectivity index (χ0) is 14.2. The van der Waals surface area contributed by atoms with Crippen molar-refractivity contribution in [2.45, 2.75) is 38.7 Å². The lowest BCUT2D eigenvalue weighted by atomic mass is 10.1. The summed E-state index contributed by atoms with van der Waals surface area (Å²) in [4.78, 5) is 10.8. The van der Waals surface area contributed by atoms with Gasteiger partial charge in [0.05, 0.1) is 6.42 Å². The number of hydrogen-bond acceptors (Lipinski definition) is 3. The highest BCUT2D eigenvalue weighted by atomic mass is 32.2. The second kappa shape index (κ2) is 5.32. The average molecular weight is 292 g/mol. The number of fused-ring (bicyclic) bond motifs is 1. The van der Waals surface area contributed by atoms with Crippen LogP contribution in [-0.2, 0) is 11.2 Å². The van der Waals surface area contributed by atoms with Gasteiger partial charge in [0, 0.05) is 12.2 Å². The van der Waals surface area contributed by atoms with Crippen LogP contribution < -0.4 is 4.74 Å². The third-order valence-corrected chi connectivity index (χ3v) is 5.58. The van der Waals surface area contributed by atoms with Crippen molar-refractivity contribution in [3.05, 3.63) is 29.3 Å². The molecule has 0 amide bonds. The highest BCUT2D eigenvalue weighted by Crippen LogP contribution is 2.51. The third kappa shape index (κ3) is 3.11. The fourth-order valence-corrected chi connectivity index (χ4v) is 4.21. The molecule has 1 atom stereocenters. The van der Waals surface area contributed by atoms with Gasteiger partial charge in [-0.2, -0.15) is 11.8 Å². The van der Waals surface area contributed by atoms with Gasteiger partial charge in [-0.1, -0.05) is 17.7 Å². The lowest BCUT2D eigenvalue weighted by Crippen LogP contribution is -2.18. The topological polar surface area (TPSA) is 46.5 Å². The number of hydrogen-bond donors (Lipinski definition) is 1. The Morgan fingerprint density at radius 3 is 3.00 bits per heavy atom. The molecule has 2 aliphatic rings. The molecule has 1 saturated carbocycles. The molecule has 1 aliphatic heterocycles. The van der Waals surface area contributed by atoms with Crippen LogP contribution in [0.1, 0.15) is 30.4 Å². The molecule has 3 rings (SSSR count). The molecule has 0 radical (unpaired) electrons. The Labute approximate surface area is 123 Å². The van der Waals surface area contributed by atoms with E-state index in [-0.39, 0.29) is 11.5 Å². The van der Waals surface area contributed by atoms with Crippen LogP contribution in [0.15, 0.2) is 18.2 Å². The average Bonchev–Trinajstić information content (AvgIpc) is 2.99. The minimum absolute atomic E-state index is 0.0819. The Morgan fingerprint density at radius 2 is 2.30 bits per heavy atom. The van der Waals surface area contributed by atoms with E-state index >= 15 is 0 Å². The summed E-state index contributed by atoms with van der Waals surface area (Å²) in [6, 6.07) is 6.34. The van der Waals surface area contributed by atoms with E-state index in [4.69, 9.17) is 9.84 Å². The van der Waals surface area contributed by atoms with Gasteiger partial charge < -0.3 is 9.84 Å². The van der Waals surface area contributed by atoms with Crippen molar-refractivity contribution < 1.29 is 14.6 Å². The standard InChI is InChI=1S/C16H20O3S/c1-11-2-3-14-12(6-11)7-13(19-14)9-20-10-16(4-5-16)8-15(17)18/h2-3,6,13H,4-5,7-10H2,1H3,(H,17,18). The molecule has 1 aliphatic carbocycles. The van der Waals surface area contributed by atoms with Crippen molar-refractivity contribution in [3.8, 4) is 5.75 Å². The van der Waals surface area contributed by atoms with E-state index in [9.17, 15) is 4.79 Å². The molecule has 1 N–H and O–H groups in total. The summed E-state index contributed by atoms with van der Waals surface area (Å²) in [7, 11) is 0. The molecule has 1 aromatic carbocycles. The molecule has 0 bridgehead atoms. The number of aliphatic carboxylic acids is 1. The number of ether oxygens (including phenoxy) is 1. The fourth-order valence-electron chi connectivity index (χ4n) is 2.82. The highest BCUT2D eigenvalue weighted by Gasteiger charge is 2.44. The van der Waals surface area contributed by atoms with Crippen molar-refractivity contribution in [1.82, 2.24) is 0 Å². The van der Waals surface area contributed by atoms with Crippen LogP contribution in [0.25, 0.3) is 0 Å². The summed E-state index contributed by atoms with van der Waals surface area (Å²) in [6.45, 7) is 2.10. The van der Waals surface area contributed by atoms with Crippen molar-refractivity contribution in [1.29, 1.82) is 0 Å². The lowest BCUT2D eigenvalue weighted by molar-refractivity contribution is -0.138. The number of aryl methyl sites for hydroxylation is 1. The third-order valence-electron chi connectivity index (χ3n) is 4.15. The molecular weight excluding hydrogens is 272 g/mol. The van der Waals surface area contributed by atoms with Crippen LogP contribution >= 0.6 is 11.8 Å². The zero-order valence-electron chi connectivity index (χ0n) is 11.7. The van der Waals surface area contributed by atoms with Crippen LogP contribution in [0, 0.1) is 12.3 Å². The molecule has 3 nitrogen and oxygen atoms in total. The highest BCUT2D eigenvalue weighted by molar-refractivity contribution is 7.99. The maximum Gasteiger partial charge on any atom is 0.303 e. The predicted octanol–water partition coefficient (Wildman–Crippen LogP) is 3.29. The molecule has 1 heterocycles. The van der Waals surface area contributed by atoms with E-state index in [1.165, 1.54) is 11.1 Å². The molecule has 0 spiro atoms. The SMILES string of the molecule is Cc1ccc2c(c1)CC(CSCC1(CC(=O)O)CC1)O2. The van der Waals surface area contributed by atoms with Gasteiger partial charge in [0.1, 0.15) is 11.9 Å². The monoisotopic (exact) mass is 292 g/mol. The number of rotatable bonds is 6. The Hall–Kier alpha value is -1.16. The van der Waals surface area contributed by atoms with Gasteiger partial charge in [-0.05, 0) is 42.6 Å². The van der Waals surface area contributed by atoms with Crippen molar-refractivity contribution in [2.75, 3.05) is 11.5 Å². The van der Waals surface area contributed by atoms with Gasteiger partial charge in [0.25, 0.3) is 0 Å². The smallest absolute Gasteiger partial charge is 0.303 e. The first-order valence-corrected chi connectivity index (χ1v) is 8.28. The summed E-state index contributed by atoms with van der Waals surface area (Å²) in [6.07, 6.45) is 3.69. The predicted molar refractivity (Wildman–Crippen MR) is 80.5 cm³/mol. The number of carboxylic acid groups (broad SMARTS) is 1. The molecule has 20 heavy (non-hydrogen) atoms. The van der Waals surface area contributed by atoms with Gasteiger partial charge in [0.15, 0.2) is 0 Å². The molecule has 1 fully saturated rings. The summed E-state index contributed by atoms with van der Waals surface area (Å²) in [5.41, 5.74) is 2.67. The van der Waals surface area contributed by atoms with E-state index in [0.29, 0.717) is 6.42 Å². The first-order chi connectivity index (χ1) is 9.56. The quantitative estimate of drug-likeness (QED) is 0.874. The molecule has 4 heteroatoms. The van der Waals surface area contributed by atoms with Gasteiger partial charge in [-0.15, -0.1) is 0 Å². The van der Waals surface area contributed by atoms with Crippen molar-refractivity contribution >= 4 is 17.7 Å². The number of benzene rings is 1. The minimum Gasteiger partial charge on any atom is -0.489 e. The minimum atomic E-state index is -0.664. The fraction of sp³-hybridized carbons (Fsp3) is 0.562. The van der Waals surface area contributed by atoms with Gasteiger partial charge in [0.2, 0.25) is 0 Å². The maximum absolute atomic E-state index is 10.8. The number of carboxylic acids is 1. The molecule has 0 saturated heterocycles. The Balaban J connectivity index is 1.46. The van der Waals surface area contributed by atoms with Crippen LogP contribution in [0.3, 0.4) is 0 Å². The van der Waals surface area contributed by atoms with Gasteiger partial charge >= 0.3 is 5.97 Å². The Bertz CT molecular complexity index is 522. The van der Waals surface area contributed by atoms with Crippen LogP contribution in [0.2, 0.25) is 0 Å². The first-order valence-electron chi connectivity index (χ1n) is 7.12. The Morgan fingerprint density at radius 1 is 1.50 bits per heavy atom. The summed E-state index contributed by atoms with van der Waals surface area (Å²) in [5.74, 6) is 2.26. The zero-order valence-corrected chi connectivity index (χ0v) is 12.5. The normalized spacial score (nSPS) is 22.1. The summed E-state index contributed by atoms with van der Waals surface area (Å²) in [5, 5.41) is 8.91. The van der Waals surface area contributed by atoms with Crippen molar-refractivity contribution in [2.24, 2.45) is 5.41 Å². The number of thioether (sulfide) groups is 1. The van der Waals surface area contributed by atoms with Crippen LogP contribution in [-0.4, -0.2) is 28.7 Å². The van der Waals surface area contributed by atoms with E-state index in [2.05, 4.69) is 25.1 Å². The molecule has 108 valence electrons. The largest absolute Gasteiger partial charge is 0.489 e. The number of carbonyl (C=O) groups is 1. The van der Waals surface area contributed by atoms with E-state index in [0.717, 1.165) is 36.5 Å². The van der Waals surface area contributed by atoms with E-state index < -0.39 is 5.97 Å². The molecular formula is C16H20O3S. The van der Waals surface area contributed by atoms with Gasteiger partial charge in [-0.25, -0.2) is 0 Å². The van der Waals surface area contributed by atoms with Crippen LogP contribution in [0.4, 0.5) is 0 Å². The lowest BCUT2D eigenvalue weighted by Gasteiger charge is -2.14. The van der Waals surface area contributed by atoms with Gasteiger partial charge in [-0.3, -0.25) is 4.79 Å². The maximum atomic E-state index is 10.8. The van der Waals surface area contributed by atoms with E-state index in [1.54, 1.807) is 0 Å². The Kier molecular flexibility index (Phi) is 3.67. The molecule has 1 unspecified atom stereocenters. The van der Waals surface area contributed by atoms with Crippen LogP contribution in [0.5, 0.6) is 5.75 Å². The summed E-state index contributed by atoms with van der Waals surface area (Å²) < 4.78 is 5.94.